The minimum absolute atomic E-state index is 0.415. The quantitative estimate of drug-likeness (QED) is 0.560. The number of amides is 2. The predicted octanol–water partition coefficient (Wildman–Crippen LogP) is 4.00. The van der Waals surface area contributed by atoms with Gasteiger partial charge in [0.05, 0.1) is 12.8 Å². The van der Waals surface area contributed by atoms with Gasteiger partial charge in [-0.05, 0) is 48.5 Å². The molecule has 0 aliphatic carbocycles. The molecule has 0 saturated carbocycles. The summed E-state index contributed by atoms with van der Waals surface area (Å²) in [4.78, 5) is 25.8. The van der Waals surface area contributed by atoms with E-state index in [4.69, 9.17) is 4.74 Å². The fourth-order valence-corrected chi connectivity index (χ4v) is 2.41. The molecular formula is C21H18N2O3. The zero-order chi connectivity index (χ0) is 18.4. The number of anilines is 1. The summed E-state index contributed by atoms with van der Waals surface area (Å²) in [5.74, 6) is -0.184. The lowest BCUT2D eigenvalue weighted by Crippen LogP contribution is -2.41. The van der Waals surface area contributed by atoms with E-state index < -0.39 is 11.8 Å². The molecule has 0 atom stereocenters. The van der Waals surface area contributed by atoms with E-state index >= 15 is 0 Å². The Balaban J connectivity index is 1.92. The summed E-state index contributed by atoms with van der Waals surface area (Å²) in [6.07, 6.45) is 0. The SMILES string of the molecule is COc1ccc(NN(C(=O)c2ccccc2)C(=O)c2ccccc2)cc1. The third-order valence-corrected chi connectivity index (χ3v) is 3.78. The number of methoxy groups -OCH3 is 1. The Hall–Kier alpha value is -3.60. The van der Waals surface area contributed by atoms with Crippen molar-refractivity contribution in [3.8, 4) is 5.75 Å². The summed E-state index contributed by atoms with van der Waals surface area (Å²) < 4.78 is 5.13. The second-order valence-corrected chi connectivity index (χ2v) is 5.52. The van der Waals surface area contributed by atoms with Crippen molar-refractivity contribution >= 4 is 17.5 Å². The molecular weight excluding hydrogens is 328 g/mol. The number of carbonyl (C=O) groups excluding carboxylic acids is 2. The first-order valence-electron chi connectivity index (χ1n) is 8.08. The number of nitrogens with one attached hydrogen (secondary N) is 1. The van der Waals surface area contributed by atoms with E-state index in [1.165, 1.54) is 0 Å². The number of benzene rings is 3. The summed E-state index contributed by atoms with van der Waals surface area (Å²) in [7, 11) is 1.58. The molecule has 0 bridgehead atoms. The first-order valence-corrected chi connectivity index (χ1v) is 8.08. The van der Waals surface area contributed by atoms with Gasteiger partial charge >= 0.3 is 0 Å². The molecule has 0 saturated heterocycles. The number of hydrazine groups is 1. The molecule has 0 heterocycles. The van der Waals surface area contributed by atoms with E-state index in [1.54, 1.807) is 79.9 Å². The van der Waals surface area contributed by atoms with Crippen LogP contribution < -0.4 is 10.2 Å². The van der Waals surface area contributed by atoms with Gasteiger partial charge in [-0.1, -0.05) is 36.4 Å². The number of carbonyl (C=O) groups is 2. The molecule has 130 valence electrons. The van der Waals surface area contributed by atoms with Crippen LogP contribution in [0, 0.1) is 0 Å². The smallest absolute Gasteiger partial charge is 0.279 e. The van der Waals surface area contributed by atoms with Crippen molar-refractivity contribution in [3.05, 3.63) is 96.1 Å². The van der Waals surface area contributed by atoms with Crippen LogP contribution in [0.3, 0.4) is 0 Å². The molecule has 3 aromatic carbocycles. The second kappa shape index (κ2) is 7.98. The van der Waals surface area contributed by atoms with Crippen LogP contribution in [0.4, 0.5) is 5.69 Å². The number of hydrogen-bond donors (Lipinski definition) is 1. The zero-order valence-corrected chi connectivity index (χ0v) is 14.3. The van der Waals surface area contributed by atoms with Crippen LogP contribution in [0.1, 0.15) is 20.7 Å². The van der Waals surface area contributed by atoms with Crippen molar-refractivity contribution < 1.29 is 14.3 Å². The Morgan fingerprint density at radius 1 is 0.731 bits per heavy atom. The largest absolute Gasteiger partial charge is 0.497 e. The van der Waals surface area contributed by atoms with Gasteiger partial charge in [0.15, 0.2) is 0 Å². The van der Waals surface area contributed by atoms with Crippen LogP contribution >= 0.6 is 0 Å². The van der Waals surface area contributed by atoms with Gasteiger partial charge in [0.1, 0.15) is 5.75 Å². The van der Waals surface area contributed by atoms with Crippen LogP contribution in [-0.2, 0) is 0 Å². The molecule has 3 aromatic rings. The fraction of sp³-hybridized carbons (Fsp3) is 0.0476. The van der Waals surface area contributed by atoms with Gasteiger partial charge in [-0.2, -0.15) is 5.01 Å². The van der Waals surface area contributed by atoms with E-state index in [9.17, 15) is 9.59 Å². The lowest BCUT2D eigenvalue weighted by Gasteiger charge is -2.23. The number of ether oxygens (including phenoxy) is 1. The van der Waals surface area contributed by atoms with Gasteiger partial charge in [-0.3, -0.25) is 15.0 Å². The average molecular weight is 346 g/mol. The predicted molar refractivity (Wildman–Crippen MR) is 100 cm³/mol. The molecule has 5 nitrogen and oxygen atoms in total. The molecule has 3 rings (SSSR count). The van der Waals surface area contributed by atoms with Gasteiger partial charge < -0.3 is 4.74 Å². The Kier molecular flexibility index (Phi) is 5.29. The van der Waals surface area contributed by atoms with Crippen molar-refractivity contribution in [1.29, 1.82) is 0 Å². The molecule has 26 heavy (non-hydrogen) atoms. The topological polar surface area (TPSA) is 58.6 Å². The molecule has 0 aliphatic rings. The summed E-state index contributed by atoms with van der Waals surface area (Å²) in [6.45, 7) is 0. The van der Waals surface area contributed by atoms with Crippen LogP contribution in [0.15, 0.2) is 84.9 Å². The van der Waals surface area contributed by atoms with E-state index in [2.05, 4.69) is 5.43 Å². The van der Waals surface area contributed by atoms with Crippen molar-refractivity contribution in [1.82, 2.24) is 5.01 Å². The lowest BCUT2D eigenvalue weighted by atomic mass is 10.1. The Morgan fingerprint density at radius 2 is 1.19 bits per heavy atom. The Labute approximate surface area is 151 Å². The highest BCUT2D eigenvalue weighted by Gasteiger charge is 2.24. The number of rotatable bonds is 5. The van der Waals surface area contributed by atoms with Crippen LogP contribution in [0.25, 0.3) is 0 Å². The molecule has 0 spiro atoms. The van der Waals surface area contributed by atoms with Gasteiger partial charge in [-0.15, -0.1) is 0 Å². The third kappa shape index (κ3) is 3.89. The van der Waals surface area contributed by atoms with Crippen molar-refractivity contribution in [3.63, 3.8) is 0 Å². The Bertz CT molecular complexity index is 827. The average Bonchev–Trinajstić information content (AvgIpc) is 2.73. The van der Waals surface area contributed by atoms with Crippen molar-refractivity contribution in [2.24, 2.45) is 0 Å². The minimum Gasteiger partial charge on any atom is -0.497 e. The summed E-state index contributed by atoms with van der Waals surface area (Å²) in [5.41, 5.74) is 4.33. The monoisotopic (exact) mass is 346 g/mol. The maximum Gasteiger partial charge on any atom is 0.279 e. The molecule has 0 unspecified atom stereocenters. The van der Waals surface area contributed by atoms with Crippen LogP contribution in [0.5, 0.6) is 5.75 Å². The fourth-order valence-electron chi connectivity index (χ4n) is 2.41. The molecule has 0 fully saturated rings. The highest BCUT2D eigenvalue weighted by Crippen LogP contribution is 2.18. The van der Waals surface area contributed by atoms with Crippen molar-refractivity contribution in [2.75, 3.05) is 12.5 Å². The van der Waals surface area contributed by atoms with Crippen LogP contribution in [-0.4, -0.2) is 23.9 Å². The third-order valence-electron chi connectivity index (χ3n) is 3.78. The second-order valence-electron chi connectivity index (χ2n) is 5.52. The van der Waals surface area contributed by atoms with E-state index in [0.29, 0.717) is 22.6 Å². The molecule has 0 aliphatic heterocycles. The van der Waals surface area contributed by atoms with Crippen LogP contribution in [0.2, 0.25) is 0 Å². The maximum absolute atomic E-state index is 12.9. The number of nitrogens with zero attached hydrogens (tertiary/aromatic N) is 1. The zero-order valence-electron chi connectivity index (χ0n) is 14.3. The summed E-state index contributed by atoms with van der Waals surface area (Å²) in [5, 5.41) is 1.02. The first-order chi connectivity index (χ1) is 12.7. The molecule has 0 radical (unpaired) electrons. The lowest BCUT2D eigenvalue weighted by molar-refractivity contribution is 0.0654. The van der Waals surface area contributed by atoms with E-state index in [-0.39, 0.29) is 0 Å². The molecule has 2 amide bonds. The maximum atomic E-state index is 12.9. The minimum atomic E-state index is -0.435. The van der Waals surface area contributed by atoms with E-state index in [1.807, 2.05) is 12.1 Å². The number of imide groups is 1. The van der Waals surface area contributed by atoms with Gasteiger partial charge in [0, 0.05) is 11.1 Å². The molecule has 0 aromatic heterocycles. The number of hydrogen-bond acceptors (Lipinski definition) is 4. The van der Waals surface area contributed by atoms with Gasteiger partial charge in [0.2, 0.25) is 0 Å². The van der Waals surface area contributed by atoms with Crippen molar-refractivity contribution in [2.45, 2.75) is 0 Å². The summed E-state index contributed by atoms with van der Waals surface area (Å²) >= 11 is 0. The Morgan fingerprint density at radius 3 is 1.62 bits per heavy atom. The highest BCUT2D eigenvalue weighted by atomic mass is 16.5. The van der Waals surface area contributed by atoms with E-state index in [0.717, 1.165) is 5.01 Å². The standard InChI is InChI=1S/C21H18N2O3/c1-26-19-14-12-18(13-15-19)22-23(20(24)16-8-4-2-5-9-16)21(25)17-10-6-3-7-11-17/h2-15,22H,1H3. The molecule has 1 N–H and O–H groups in total. The normalized spacial score (nSPS) is 10.0. The first kappa shape index (κ1) is 17.2. The summed E-state index contributed by atoms with van der Waals surface area (Å²) in [6, 6.07) is 24.3. The molecule has 5 heteroatoms. The highest BCUT2D eigenvalue weighted by molar-refractivity contribution is 6.11. The van der Waals surface area contributed by atoms with Gasteiger partial charge in [-0.25, -0.2) is 0 Å². The van der Waals surface area contributed by atoms with Gasteiger partial charge in [0.25, 0.3) is 11.8 Å².